The van der Waals surface area contributed by atoms with Crippen molar-refractivity contribution in [2.45, 2.75) is 44.8 Å². The number of carboxylic acids is 1. The van der Waals surface area contributed by atoms with Crippen LogP contribution in [0.4, 0.5) is 0 Å². The monoisotopic (exact) mass is 318 g/mol. The fraction of sp³-hybridized carbons (Fsp3) is 0.667. The lowest BCUT2D eigenvalue weighted by Crippen LogP contribution is -2.42. The van der Waals surface area contributed by atoms with Crippen LogP contribution < -0.4 is 4.72 Å². The van der Waals surface area contributed by atoms with E-state index in [4.69, 9.17) is 5.11 Å². The second kappa shape index (κ2) is 7.01. The Labute approximate surface area is 124 Å². The Kier molecular flexibility index (Phi) is 5.87. The zero-order valence-corrected chi connectivity index (χ0v) is 13.4. The number of aromatic amines is 1. The van der Waals surface area contributed by atoms with Gasteiger partial charge in [0.05, 0.1) is 6.20 Å². The molecule has 0 aliphatic heterocycles. The van der Waals surface area contributed by atoms with E-state index in [0.717, 1.165) is 6.20 Å². The van der Waals surface area contributed by atoms with Crippen LogP contribution in [0.1, 0.15) is 38.1 Å². The van der Waals surface area contributed by atoms with Crippen LogP contribution in [0.3, 0.4) is 0 Å². The first-order chi connectivity index (χ1) is 9.66. The standard InChI is InChI=1S/C12H22N4O4S/c1-8(2)16(9(3)4)6-5-14-21(19,20)11-10(12(17)18)7-13-15-11/h7-9,14H,5-6H2,1-4H3,(H,13,15)(H,17,18). The number of aromatic nitrogens is 2. The normalized spacial score (nSPS) is 12.5. The molecule has 0 atom stereocenters. The van der Waals surface area contributed by atoms with E-state index in [1.54, 1.807) is 0 Å². The maximum Gasteiger partial charge on any atom is 0.340 e. The summed E-state index contributed by atoms with van der Waals surface area (Å²) in [5, 5.41) is 14.2. The Morgan fingerprint density at radius 1 is 1.38 bits per heavy atom. The summed E-state index contributed by atoms with van der Waals surface area (Å²) in [4.78, 5) is 13.1. The van der Waals surface area contributed by atoms with Crippen molar-refractivity contribution >= 4 is 16.0 Å². The van der Waals surface area contributed by atoms with Gasteiger partial charge in [-0.2, -0.15) is 5.10 Å². The van der Waals surface area contributed by atoms with Gasteiger partial charge >= 0.3 is 5.97 Å². The summed E-state index contributed by atoms with van der Waals surface area (Å²) in [7, 11) is -3.92. The average molecular weight is 318 g/mol. The minimum atomic E-state index is -3.92. The van der Waals surface area contributed by atoms with Crippen LogP contribution in [0.5, 0.6) is 0 Å². The Morgan fingerprint density at radius 2 is 1.95 bits per heavy atom. The van der Waals surface area contributed by atoms with Crippen molar-refractivity contribution in [1.82, 2.24) is 19.8 Å². The third-order valence-electron chi connectivity index (χ3n) is 3.09. The quantitative estimate of drug-likeness (QED) is 0.643. The number of sulfonamides is 1. The van der Waals surface area contributed by atoms with Crippen molar-refractivity contribution in [2.24, 2.45) is 0 Å². The Balaban J connectivity index is 2.74. The van der Waals surface area contributed by atoms with Crippen LogP contribution in [0.25, 0.3) is 0 Å². The highest BCUT2D eigenvalue weighted by molar-refractivity contribution is 7.89. The van der Waals surface area contributed by atoms with Gasteiger partial charge in [-0.15, -0.1) is 0 Å². The average Bonchev–Trinajstić information content (AvgIpc) is 2.83. The minimum absolute atomic E-state index is 0.191. The van der Waals surface area contributed by atoms with Crippen LogP contribution in [0.15, 0.2) is 11.2 Å². The number of H-pyrrole nitrogens is 1. The molecule has 8 nitrogen and oxygen atoms in total. The molecular weight excluding hydrogens is 296 g/mol. The predicted molar refractivity (Wildman–Crippen MR) is 77.7 cm³/mol. The lowest BCUT2D eigenvalue weighted by Gasteiger charge is -2.30. The van der Waals surface area contributed by atoms with Gasteiger partial charge in [-0.3, -0.25) is 10.00 Å². The molecule has 1 aromatic heterocycles. The molecule has 0 bridgehead atoms. The molecular formula is C12H22N4O4S. The topological polar surface area (TPSA) is 115 Å². The molecule has 0 saturated heterocycles. The zero-order chi connectivity index (χ0) is 16.2. The van der Waals surface area contributed by atoms with Crippen LogP contribution in [0.2, 0.25) is 0 Å². The van der Waals surface area contributed by atoms with E-state index in [-0.39, 0.29) is 24.2 Å². The van der Waals surface area contributed by atoms with E-state index in [0.29, 0.717) is 6.54 Å². The maximum absolute atomic E-state index is 12.1. The highest BCUT2D eigenvalue weighted by Crippen LogP contribution is 2.11. The van der Waals surface area contributed by atoms with Crippen molar-refractivity contribution in [2.75, 3.05) is 13.1 Å². The molecule has 0 fully saturated rings. The van der Waals surface area contributed by atoms with E-state index >= 15 is 0 Å². The van der Waals surface area contributed by atoms with Gasteiger partial charge in [0.1, 0.15) is 5.56 Å². The first-order valence-corrected chi connectivity index (χ1v) is 8.17. The van der Waals surface area contributed by atoms with Gasteiger partial charge in [0.15, 0.2) is 5.03 Å². The first kappa shape index (κ1) is 17.6. The van der Waals surface area contributed by atoms with Crippen LogP contribution in [-0.4, -0.2) is 59.8 Å². The number of carbonyl (C=O) groups is 1. The Morgan fingerprint density at radius 3 is 2.43 bits per heavy atom. The number of carboxylic acid groups (broad SMARTS) is 1. The molecule has 21 heavy (non-hydrogen) atoms. The summed E-state index contributed by atoms with van der Waals surface area (Å²) in [6, 6.07) is 0.576. The van der Waals surface area contributed by atoms with Gasteiger partial charge in [-0.1, -0.05) is 0 Å². The number of hydrogen-bond donors (Lipinski definition) is 3. The molecule has 120 valence electrons. The van der Waals surface area contributed by atoms with Gasteiger partial charge in [0, 0.05) is 25.2 Å². The van der Waals surface area contributed by atoms with Crippen molar-refractivity contribution in [3.05, 3.63) is 11.8 Å². The number of hydrogen-bond acceptors (Lipinski definition) is 5. The van der Waals surface area contributed by atoms with E-state index in [2.05, 4.69) is 19.8 Å². The van der Waals surface area contributed by atoms with Crippen LogP contribution in [0, 0.1) is 0 Å². The predicted octanol–water partition coefficient (Wildman–Crippen LogP) is 0.505. The SMILES string of the molecule is CC(C)N(CCNS(=O)(=O)c1[nH]ncc1C(=O)O)C(C)C. The Hall–Kier alpha value is -1.45. The van der Waals surface area contributed by atoms with Crippen LogP contribution >= 0.6 is 0 Å². The molecule has 1 heterocycles. The highest BCUT2D eigenvalue weighted by Gasteiger charge is 2.24. The molecule has 1 aromatic rings. The minimum Gasteiger partial charge on any atom is -0.478 e. The summed E-state index contributed by atoms with van der Waals surface area (Å²) in [5.74, 6) is -1.34. The number of nitrogens with zero attached hydrogens (tertiary/aromatic N) is 2. The fourth-order valence-corrected chi connectivity index (χ4v) is 3.23. The number of nitrogens with one attached hydrogen (secondary N) is 2. The first-order valence-electron chi connectivity index (χ1n) is 6.69. The smallest absolute Gasteiger partial charge is 0.340 e. The molecule has 0 unspecified atom stereocenters. The summed E-state index contributed by atoms with van der Waals surface area (Å²) in [6.07, 6.45) is 0.978. The van der Waals surface area contributed by atoms with Crippen molar-refractivity contribution < 1.29 is 18.3 Å². The molecule has 3 N–H and O–H groups in total. The summed E-state index contributed by atoms with van der Waals surface area (Å²) in [5.41, 5.74) is -0.368. The molecule has 0 spiro atoms. The zero-order valence-electron chi connectivity index (χ0n) is 12.6. The maximum atomic E-state index is 12.1. The largest absolute Gasteiger partial charge is 0.478 e. The lowest BCUT2D eigenvalue weighted by molar-refractivity contribution is 0.0692. The molecule has 0 saturated carbocycles. The summed E-state index contributed by atoms with van der Waals surface area (Å²) in [6.45, 7) is 8.86. The van der Waals surface area contributed by atoms with Crippen molar-refractivity contribution in [1.29, 1.82) is 0 Å². The molecule has 0 aromatic carbocycles. The molecule has 0 aliphatic rings. The molecule has 1 rings (SSSR count). The van der Waals surface area contributed by atoms with Gasteiger partial charge in [-0.25, -0.2) is 17.9 Å². The van der Waals surface area contributed by atoms with E-state index in [1.807, 2.05) is 27.7 Å². The molecule has 9 heteroatoms. The highest BCUT2D eigenvalue weighted by atomic mass is 32.2. The molecule has 0 aliphatic carbocycles. The third kappa shape index (κ3) is 4.51. The van der Waals surface area contributed by atoms with E-state index in [1.165, 1.54) is 0 Å². The van der Waals surface area contributed by atoms with E-state index in [9.17, 15) is 13.2 Å². The second-order valence-electron chi connectivity index (χ2n) is 5.24. The second-order valence-corrected chi connectivity index (χ2v) is 6.94. The molecule has 0 amide bonds. The third-order valence-corrected chi connectivity index (χ3v) is 4.52. The van der Waals surface area contributed by atoms with Crippen molar-refractivity contribution in [3.8, 4) is 0 Å². The van der Waals surface area contributed by atoms with Gasteiger partial charge < -0.3 is 5.11 Å². The van der Waals surface area contributed by atoms with Crippen LogP contribution in [-0.2, 0) is 10.0 Å². The van der Waals surface area contributed by atoms with Crippen molar-refractivity contribution in [3.63, 3.8) is 0 Å². The summed E-state index contributed by atoms with van der Waals surface area (Å²) >= 11 is 0. The Bertz CT molecular complexity index is 572. The van der Waals surface area contributed by atoms with Gasteiger partial charge in [-0.05, 0) is 27.7 Å². The van der Waals surface area contributed by atoms with Gasteiger partial charge in [0.25, 0.3) is 10.0 Å². The molecule has 0 radical (unpaired) electrons. The lowest BCUT2D eigenvalue weighted by atomic mass is 10.2. The summed E-state index contributed by atoms with van der Waals surface area (Å²) < 4.78 is 26.5. The van der Waals surface area contributed by atoms with Gasteiger partial charge in [0.2, 0.25) is 0 Å². The number of rotatable bonds is 8. The van der Waals surface area contributed by atoms with E-state index < -0.39 is 21.0 Å². The number of aromatic carboxylic acids is 1. The fourth-order valence-electron chi connectivity index (χ4n) is 2.13.